The Morgan fingerprint density at radius 1 is 1.53 bits per heavy atom. The van der Waals surface area contributed by atoms with Crippen LogP contribution in [0, 0.1) is 0 Å². The Balaban J connectivity index is 2.03. The molecular weight excluding hydrogens is 236 g/mol. The zero-order valence-electron chi connectivity index (χ0n) is 9.80. The number of likely N-dealkylation sites (N-methyl/N-ethyl adjacent to an activating group) is 1. The Bertz CT molecular complexity index is 439. The molecule has 0 unspecified atom stereocenters. The van der Waals surface area contributed by atoms with Crippen molar-refractivity contribution < 1.29 is 9.52 Å². The van der Waals surface area contributed by atoms with Gasteiger partial charge in [-0.15, -0.1) is 11.3 Å². The maximum atomic E-state index is 8.91. The molecule has 0 bridgehead atoms. The molecule has 0 aliphatic carbocycles. The zero-order valence-corrected chi connectivity index (χ0v) is 10.6. The number of thiophene rings is 1. The highest BCUT2D eigenvalue weighted by molar-refractivity contribution is 7.13. The van der Waals surface area contributed by atoms with Crippen molar-refractivity contribution in [2.75, 3.05) is 19.7 Å². The fourth-order valence-corrected chi connectivity index (χ4v) is 2.27. The molecule has 0 fully saturated rings. The van der Waals surface area contributed by atoms with Crippen LogP contribution in [0.5, 0.6) is 0 Å². The number of nitrogens with zero attached hydrogens (tertiary/aromatic N) is 2. The Morgan fingerprint density at radius 3 is 3.06 bits per heavy atom. The average molecular weight is 252 g/mol. The SMILES string of the molecule is CCN(CCO)Cc1ncc(-c2cccs2)o1. The summed E-state index contributed by atoms with van der Waals surface area (Å²) < 4.78 is 5.68. The van der Waals surface area contributed by atoms with Gasteiger partial charge in [0.1, 0.15) is 0 Å². The van der Waals surface area contributed by atoms with Gasteiger partial charge in [0.2, 0.25) is 5.89 Å². The molecule has 1 N–H and O–H groups in total. The lowest BCUT2D eigenvalue weighted by Crippen LogP contribution is -2.26. The van der Waals surface area contributed by atoms with Crippen LogP contribution in [0.15, 0.2) is 28.1 Å². The van der Waals surface area contributed by atoms with E-state index in [1.165, 1.54) is 0 Å². The minimum Gasteiger partial charge on any atom is -0.438 e. The van der Waals surface area contributed by atoms with Crippen LogP contribution in [0.25, 0.3) is 10.6 Å². The van der Waals surface area contributed by atoms with Crippen molar-refractivity contribution in [2.24, 2.45) is 0 Å². The predicted molar refractivity (Wildman–Crippen MR) is 67.9 cm³/mol. The largest absolute Gasteiger partial charge is 0.438 e. The normalized spacial score (nSPS) is 11.2. The molecule has 0 atom stereocenters. The van der Waals surface area contributed by atoms with E-state index >= 15 is 0 Å². The van der Waals surface area contributed by atoms with E-state index in [-0.39, 0.29) is 6.61 Å². The van der Waals surface area contributed by atoms with Crippen LogP contribution in [0.4, 0.5) is 0 Å². The molecule has 2 heterocycles. The molecule has 92 valence electrons. The lowest BCUT2D eigenvalue weighted by molar-refractivity contribution is 0.185. The van der Waals surface area contributed by atoms with E-state index in [2.05, 4.69) is 16.8 Å². The van der Waals surface area contributed by atoms with E-state index in [0.717, 1.165) is 17.2 Å². The summed E-state index contributed by atoms with van der Waals surface area (Å²) in [6, 6.07) is 4.01. The highest BCUT2D eigenvalue weighted by Gasteiger charge is 2.10. The third-order valence-corrected chi connectivity index (χ3v) is 3.42. The van der Waals surface area contributed by atoms with Crippen LogP contribution in [-0.2, 0) is 6.54 Å². The maximum absolute atomic E-state index is 8.91. The fraction of sp³-hybridized carbons (Fsp3) is 0.417. The van der Waals surface area contributed by atoms with E-state index in [1.54, 1.807) is 17.5 Å². The minimum atomic E-state index is 0.159. The molecule has 0 saturated carbocycles. The first-order chi connectivity index (χ1) is 8.33. The number of rotatable bonds is 6. The first-order valence-electron chi connectivity index (χ1n) is 5.65. The van der Waals surface area contributed by atoms with Crippen molar-refractivity contribution in [1.29, 1.82) is 0 Å². The van der Waals surface area contributed by atoms with Crippen molar-refractivity contribution >= 4 is 11.3 Å². The molecule has 0 amide bonds. The van der Waals surface area contributed by atoms with Gasteiger partial charge in [-0.2, -0.15) is 0 Å². The predicted octanol–water partition coefficient (Wildman–Crippen LogP) is 2.22. The van der Waals surface area contributed by atoms with Crippen LogP contribution in [-0.4, -0.2) is 34.7 Å². The summed E-state index contributed by atoms with van der Waals surface area (Å²) in [5.74, 6) is 1.51. The topological polar surface area (TPSA) is 49.5 Å². The van der Waals surface area contributed by atoms with E-state index in [4.69, 9.17) is 9.52 Å². The Hall–Kier alpha value is -1.17. The summed E-state index contributed by atoms with van der Waals surface area (Å²) in [6.45, 7) is 4.37. The molecule has 0 aromatic carbocycles. The number of hydrogen-bond acceptors (Lipinski definition) is 5. The monoisotopic (exact) mass is 252 g/mol. The highest BCUT2D eigenvalue weighted by atomic mass is 32.1. The molecule has 0 aliphatic heterocycles. The van der Waals surface area contributed by atoms with Gasteiger partial charge in [-0.1, -0.05) is 13.0 Å². The third-order valence-electron chi connectivity index (χ3n) is 2.54. The first kappa shape index (κ1) is 12.3. The number of hydrogen-bond donors (Lipinski definition) is 1. The van der Waals surface area contributed by atoms with Gasteiger partial charge in [0.05, 0.1) is 24.2 Å². The second-order valence-electron chi connectivity index (χ2n) is 3.69. The minimum absolute atomic E-state index is 0.159. The smallest absolute Gasteiger partial charge is 0.209 e. The number of aromatic nitrogens is 1. The Morgan fingerprint density at radius 2 is 2.41 bits per heavy atom. The molecule has 5 heteroatoms. The third kappa shape index (κ3) is 3.15. The fourth-order valence-electron chi connectivity index (χ4n) is 1.60. The molecule has 0 radical (unpaired) electrons. The first-order valence-corrected chi connectivity index (χ1v) is 6.53. The summed E-state index contributed by atoms with van der Waals surface area (Å²) in [7, 11) is 0. The molecule has 0 aliphatic rings. The summed E-state index contributed by atoms with van der Waals surface area (Å²) in [5.41, 5.74) is 0. The lowest BCUT2D eigenvalue weighted by atomic mass is 10.4. The van der Waals surface area contributed by atoms with Crippen molar-refractivity contribution in [2.45, 2.75) is 13.5 Å². The van der Waals surface area contributed by atoms with Gasteiger partial charge in [0.25, 0.3) is 0 Å². The molecule has 17 heavy (non-hydrogen) atoms. The highest BCUT2D eigenvalue weighted by Crippen LogP contribution is 2.25. The van der Waals surface area contributed by atoms with Crippen LogP contribution in [0.1, 0.15) is 12.8 Å². The second kappa shape index (κ2) is 5.95. The van der Waals surface area contributed by atoms with Gasteiger partial charge in [-0.3, -0.25) is 4.90 Å². The van der Waals surface area contributed by atoms with E-state index in [0.29, 0.717) is 19.0 Å². The van der Waals surface area contributed by atoms with E-state index in [9.17, 15) is 0 Å². The van der Waals surface area contributed by atoms with Crippen molar-refractivity contribution in [3.8, 4) is 10.6 Å². The summed E-state index contributed by atoms with van der Waals surface area (Å²) in [5, 5.41) is 10.9. The van der Waals surface area contributed by atoms with Crippen molar-refractivity contribution in [1.82, 2.24) is 9.88 Å². The summed E-state index contributed by atoms with van der Waals surface area (Å²) >= 11 is 1.64. The van der Waals surface area contributed by atoms with Crippen LogP contribution in [0.3, 0.4) is 0 Å². The van der Waals surface area contributed by atoms with Crippen LogP contribution in [0.2, 0.25) is 0 Å². The zero-order chi connectivity index (χ0) is 12.1. The molecular formula is C12H16N2O2S. The van der Waals surface area contributed by atoms with Gasteiger partial charge in [-0.05, 0) is 18.0 Å². The number of aliphatic hydroxyl groups excluding tert-OH is 1. The number of oxazole rings is 1. The van der Waals surface area contributed by atoms with E-state index < -0.39 is 0 Å². The summed E-state index contributed by atoms with van der Waals surface area (Å²) in [6.07, 6.45) is 1.76. The molecule has 4 nitrogen and oxygen atoms in total. The average Bonchev–Trinajstić information content (AvgIpc) is 2.98. The Labute approximate surface area is 105 Å². The molecule has 2 aromatic rings. The molecule has 0 spiro atoms. The molecule has 2 rings (SSSR count). The maximum Gasteiger partial charge on any atom is 0.209 e. The van der Waals surface area contributed by atoms with Gasteiger partial charge in [0.15, 0.2) is 5.76 Å². The Kier molecular flexibility index (Phi) is 4.30. The van der Waals surface area contributed by atoms with Gasteiger partial charge >= 0.3 is 0 Å². The van der Waals surface area contributed by atoms with Crippen molar-refractivity contribution in [3.63, 3.8) is 0 Å². The molecule has 0 saturated heterocycles. The standard InChI is InChI=1S/C12H16N2O2S/c1-2-14(5-6-15)9-12-13-8-10(16-12)11-4-3-7-17-11/h3-4,7-8,15H,2,5-6,9H2,1H3. The van der Waals surface area contributed by atoms with Gasteiger partial charge in [-0.25, -0.2) is 4.98 Å². The molecule has 2 aromatic heterocycles. The lowest BCUT2D eigenvalue weighted by Gasteiger charge is -2.16. The van der Waals surface area contributed by atoms with E-state index in [1.807, 2.05) is 17.5 Å². The van der Waals surface area contributed by atoms with Gasteiger partial charge < -0.3 is 9.52 Å². The number of aliphatic hydroxyl groups is 1. The quantitative estimate of drug-likeness (QED) is 0.856. The van der Waals surface area contributed by atoms with Gasteiger partial charge in [0, 0.05) is 6.54 Å². The summed E-state index contributed by atoms with van der Waals surface area (Å²) in [4.78, 5) is 7.44. The van der Waals surface area contributed by atoms with Crippen LogP contribution < -0.4 is 0 Å². The van der Waals surface area contributed by atoms with Crippen LogP contribution >= 0.6 is 11.3 Å². The van der Waals surface area contributed by atoms with Crippen molar-refractivity contribution in [3.05, 3.63) is 29.6 Å². The second-order valence-corrected chi connectivity index (χ2v) is 4.64.